The smallest absolute Gasteiger partial charge is 0.425 e. The van der Waals surface area contributed by atoms with Gasteiger partial charge in [-0.2, -0.15) is 13.2 Å². The largest absolute Gasteiger partial charge is 0.454 e. The number of esters is 1. The van der Waals surface area contributed by atoms with E-state index in [1.54, 1.807) is 6.07 Å². The van der Waals surface area contributed by atoms with Crippen LogP contribution in [-0.2, 0) is 9.53 Å². The molecule has 7 heteroatoms. The van der Waals surface area contributed by atoms with Crippen LogP contribution in [-0.4, -0.2) is 16.5 Å². The zero-order valence-corrected chi connectivity index (χ0v) is 10.7. The molecule has 0 saturated heterocycles. The Labute approximate surface area is 112 Å². The standard InChI is InChI=1S/C11H9Cl2F3O2/c1-7(17)18-9(8-5-3-2-4-6-8)10(12,13)11(14,15)16/h2-6,9H,1H3. The number of ether oxygens (including phenoxy) is 1. The van der Waals surface area contributed by atoms with Crippen LogP contribution in [0, 0.1) is 0 Å². The number of hydrogen-bond donors (Lipinski definition) is 0. The first-order chi connectivity index (χ1) is 8.16. The maximum absolute atomic E-state index is 12.8. The SMILES string of the molecule is CC(=O)OC(c1ccccc1)C(Cl)(Cl)C(F)(F)F. The van der Waals surface area contributed by atoms with E-state index >= 15 is 0 Å². The van der Waals surface area contributed by atoms with Gasteiger partial charge in [-0.05, 0) is 5.56 Å². The highest BCUT2D eigenvalue weighted by Crippen LogP contribution is 2.50. The Balaban J connectivity index is 3.18. The van der Waals surface area contributed by atoms with E-state index in [0.29, 0.717) is 0 Å². The fourth-order valence-corrected chi connectivity index (χ4v) is 1.63. The molecule has 100 valence electrons. The van der Waals surface area contributed by atoms with Gasteiger partial charge in [0.05, 0.1) is 0 Å². The van der Waals surface area contributed by atoms with Crippen molar-refractivity contribution in [3.05, 3.63) is 35.9 Å². The molecule has 1 rings (SSSR count). The quantitative estimate of drug-likeness (QED) is 0.622. The summed E-state index contributed by atoms with van der Waals surface area (Å²) in [5.41, 5.74) is 0.0648. The fraction of sp³-hybridized carbons (Fsp3) is 0.364. The summed E-state index contributed by atoms with van der Waals surface area (Å²) >= 11 is 10.6. The molecule has 0 spiro atoms. The minimum absolute atomic E-state index is 0.0648. The lowest BCUT2D eigenvalue weighted by Gasteiger charge is -2.31. The maximum atomic E-state index is 12.8. The van der Waals surface area contributed by atoms with Gasteiger partial charge >= 0.3 is 12.1 Å². The second-order valence-corrected chi connectivity index (χ2v) is 4.91. The lowest BCUT2D eigenvalue weighted by Crippen LogP contribution is -2.41. The van der Waals surface area contributed by atoms with Gasteiger partial charge in [0, 0.05) is 6.92 Å². The molecule has 0 saturated carbocycles. The van der Waals surface area contributed by atoms with Crippen molar-refractivity contribution in [2.45, 2.75) is 23.5 Å². The van der Waals surface area contributed by atoms with Crippen LogP contribution in [0.4, 0.5) is 13.2 Å². The topological polar surface area (TPSA) is 26.3 Å². The summed E-state index contributed by atoms with van der Waals surface area (Å²) in [6.07, 6.45) is -6.76. The number of halogens is 5. The van der Waals surface area contributed by atoms with Gasteiger partial charge in [0.1, 0.15) is 0 Å². The molecule has 0 fully saturated rings. The van der Waals surface area contributed by atoms with Crippen LogP contribution >= 0.6 is 23.2 Å². The van der Waals surface area contributed by atoms with E-state index < -0.39 is 22.6 Å². The summed E-state index contributed by atoms with van der Waals surface area (Å²) in [6, 6.07) is 7.28. The van der Waals surface area contributed by atoms with Crippen molar-refractivity contribution in [1.29, 1.82) is 0 Å². The van der Waals surface area contributed by atoms with Crippen LogP contribution in [0.25, 0.3) is 0 Å². The van der Waals surface area contributed by atoms with Crippen molar-refractivity contribution in [3.8, 4) is 0 Å². The molecule has 0 N–H and O–H groups in total. The number of benzene rings is 1. The predicted octanol–water partition coefficient (Wildman–Crippen LogP) is 4.03. The highest BCUT2D eigenvalue weighted by Gasteiger charge is 2.60. The highest BCUT2D eigenvalue weighted by molar-refractivity contribution is 6.49. The van der Waals surface area contributed by atoms with Gasteiger partial charge in [-0.3, -0.25) is 4.79 Å². The minimum Gasteiger partial charge on any atom is -0.454 e. The van der Waals surface area contributed by atoms with E-state index in [1.807, 2.05) is 0 Å². The fourth-order valence-electron chi connectivity index (χ4n) is 1.29. The molecule has 18 heavy (non-hydrogen) atoms. The highest BCUT2D eigenvalue weighted by atomic mass is 35.5. The molecule has 1 aromatic carbocycles. The molecule has 0 heterocycles. The van der Waals surface area contributed by atoms with Crippen molar-refractivity contribution >= 4 is 29.2 Å². The van der Waals surface area contributed by atoms with Crippen molar-refractivity contribution in [1.82, 2.24) is 0 Å². The van der Waals surface area contributed by atoms with Gasteiger partial charge in [0.15, 0.2) is 6.10 Å². The Bertz CT molecular complexity index is 418. The molecule has 0 bridgehead atoms. The first kappa shape index (κ1) is 15.1. The van der Waals surface area contributed by atoms with E-state index in [0.717, 1.165) is 6.92 Å². The molecular weight excluding hydrogens is 292 g/mol. The van der Waals surface area contributed by atoms with Crippen LogP contribution in [0.15, 0.2) is 30.3 Å². The number of alkyl halides is 5. The molecular formula is C11H9Cl2F3O2. The molecule has 0 aromatic heterocycles. The molecule has 1 unspecified atom stereocenters. The molecule has 1 atom stereocenters. The Morgan fingerprint density at radius 3 is 2.11 bits per heavy atom. The zero-order valence-electron chi connectivity index (χ0n) is 9.17. The average molecular weight is 301 g/mol. The van der Waals surface area contributed by atoms with Crippen molar-refractivity contribution in [3.63, 3.8) is 0 Å². The van der Waals surface area contributed by atoms with Crippen LogP contribution in [0.3, 0.4) is 0 Å². The minimum atomic E-state index is -4.94. The van der Waals surface area contributed by atoms with Crippen LogP contribution in [0.1, 0.15) is 18.6 Å². The predicted molar refractivity (Wildman–Crippen MR) is 61.4 cm³/mol. The van der Waals surface area contributed by atoms with Crippen molar-refractivity contribution < 1.29 is 22.7 Å². The molecule has 0 aliphatic carbocycles. The van der Waals surface area contributed by atoms with Crippen LogP contribution in [0.2, 0.25) is 0 Å². The first-order valence-electron chi connectivity index (χ1n) is 4.83. The number of carbonyl (C=O) groups excluding carboxylic acids is 1. The van der Waals surface area contributed by atoms with Gasteiger partial charge in [0.25, 0.3) is 4.33 Å². The summed E-state index contributed by atoms with van der Waals surface area (Å²) < 4.78 is 39.7. The molecule has 2 nitrogen and oxygen atoms in total. The third-order valence-corrected chi connectivity index (χ3v) is 2.92. The maximum Gasteiger partial charge on any atom is 0.425 e. The first-order valence-corrected chi connectivity index (χ1v) is 5.58. The summed E-state index contributed by atoms with van der Waals surface area (Å²) in [6.45, 7) is 0.982. The molecule has 0 aliphatic heterocycles. The lowest BCUT2D eigenvalue weighted by atomic mass is 10.1. The Morgan fingerprint density at radius 1 is 1.22 bits per heavy atom. The van der Waals surface area contributed by atoms with Crippen molar-refractivity contribution in [2.24, 2.45) is 0 Å². The molecule has 0 radical (unpaired) electrons. The lowest BCUT2D eigenvalue weighted by molar-refractivity contribution is -0.178. The summed E-state index contributed by atoms with van der Waals surface area (Å²) in [7, 11) is 0. The average Bonchev–Trinajstić information content (AvgIpc) is 2.25. The number of hydrogen-bond acceptors (Lipinski definition) is 2. The van der Waals surface area contributed by atoms with E-state index in [9.17, 15) is 18.0 Å². The summed E-state index contributed by atoms with van der Waals surface area (Å²) in [5.74, 6) is -0.904. The summed E-state index contributed by atoms with van der Waals surface area (Å²) in [5, 5.41) is 0. The van der Waals surface area contributed by atoms with E-state index in [-0.39, 0.29) is 5.56 Å². The molecule has 1 aromatic rings. The third kappa shape index (κ3) is 3.29. The Hall–Kier alpha value is -0.940. The van der Waals surface area contributed by atoms with Crippen LogP contribution < -0.4 is 0 Å². The molecule has 0 aliphatic rings. The number of rotatable bonds is 3. The molecule has 0 amide bonds. The number of carbonyl (C=O) groups is 1. The normalized spacial score (nSPS) is 14.1. The monoisotopic (exact) mass is 300 g/mol. The Morgan fingerprint density at radius 2 is 1.72 bits per heavy atom. The van der Waals surface area contributed by atoms with Gasteiger partial charge in [-0.25, -0.2) is 0 Å². The zero-order chi connectivity index (χ0) is 14.0. The summed E-state index contributed by atoms with van der Waals surface area (Å²) in [4.78, 5) is 10.9. The van der Waals surface area contributed by atoms with E-state index in [4.69, 9.17) is 23.2 Å². The van der Waals surface area contributed by atoms with Gasteiger partial charge in [0.2, 0.25) is 0 Å². The van der Waals surface area contributed by atoms with E-state index in [2.05, 4.69) is 4.74 Å². The van der Waals surface area contributed by atoms with Crippen molar-refractivity contribution in [2.75, 3.05) is 0 Å². The van der Waals surface area contributed by atoms with Gasteiger partial charge in [-0.1, -0.05) is 53.5 Å². The second-order valence-electron chi connectivity index (χ2n) is 3.52. The van der Waals surface area contributed by atoms with Crippen LogP contribution in [0.5, 0.6) is 0 Å². The Kier molecular flexibility index (Phi) is 4.50. The van der Waals surface area contributed by atoms with Gasteiger partial charge < -0.3 is 4.74 Å². The second kappa shape index (κ2) is 5.36. The van der Waals surface area contributed by atoms with Gasteiger partial charge in [-0.15, -0.1) is 0 Å². The van der Waals surface area contributed by atoms with E-state index in [1.165, 1.54) is 24.3 Å². The third-order valence-electron chi connectivity index (χ3n) is 2.09.